The molecule has 0 bridgehead atoms. The van der Waals surface area contributed by atoms with Crippen molar-refractivity contribution in [3.63, 3.8) is 0 Å². The molecule has 0 aliphatic heterocycles. The van der Waals surface area contributed by atoms with Crippen LogP contribution < -0.4 is 5.32 Å². The van der Waals surface area contributed by atoms with Gasteiger partial charge in [-0.2, -0.15) is 0 Å². The van der Waals surface area contributed by atoms with Crippen LogP contribution in [0.15, 0.2) is 18.2 Å². The van der Waals surface area contributed by atoms with Crippen LogP contribution in [0.4, 0.5) is 0 Å². The van der Waals surface area contributed by atoms with Gasteiger partial charge in [0.2, 0.25) is 0 Å². The van der Waals surface area contributed by atoms with Crippen LogP contribution in [0.2, 0.25) is 0 Å². The van der Waals surface area contributed by atoms with E-state index in [1.54, 1.807) is 12.1 Å². The highest BCUT2D eigenvalue weighted by Crippen LogP contribution is 2.44. The maximum absolute atomic E-state index is 9.54. The Labute approximate surface area is 94.5 Å². The second kappa shape index (κ2) is 4.31. The van der Waals surface area contributed by atoms with Gasteiger partial charge in [0.15, 0.2) is 0 Å². The summed E-state index contributed by atoms with van der Waals surface area (Å²) in [5.74, 6) is 0.164. The van der Waals surface area contributed by atoms with Gasteiger partial charge in [-0.3, -0.25) is 0 Å². The van der Waals surface area contributed by atoms with Gasteiger partial charge in [0.1, 0.15) is 11.5 Å². The van der Waals surface area contributed by atoms with E-state index in [1.165, 1.54) is 6.07 Å². The first-order chi connectivity index (χ1) is 7.65. The highest BCUT2D eigenvalue weighted by molar-refractivity contribution is 5.38. The van der Waals surface area contributed by atoms with Crippen LogP contribution in [0.1, 0.15) is 18.4 Å². The van der Waals surface area contributed by atoms with Gasteiger partial charge in [-0.15, -0.1) is 0 Å². The van der Waals surface area contributed by atoms with Crippen molar-refractivity contribution in [2.45, 2.75) is 19.4 Å². The van der Waals surface area contributed by atoms with E-state index in [2.05, 4.69) is 5.32 Å². The summed E-state index contributed by atoms with van der Waals surface area (Å²) < 4.78 is 0. The molecule has 0 atom stereocenters. The molecule has 1 fully saturated rings. The van der Waals surface area contributed by atoms with E-state index >= 15 is 0 Å². The predicted octanol–water partition coefficient (Wildman–Crippen LogP) is 0.960. The topological polar surface area (TPSA) is 72.7 Å². The van der Waals surface area contributed by atoms with Crippen molar-refractivity contribution in [2.24, 2.45) is 5.41 Å². The maximum Gasteiger partial charge on any atom is 0.123 e. The number of aliphatic hydroxyl groups is 1. The quantitative estimate of drug-likeness (QED) is 0.600. The third-order valence-corrected chi connectivity index (χ3v) is 3.18. The van der Waals surface area contributed by atoms with Crippen molar-refractivity contribution in [3.8, 4) is 11.5 Å². The Morgan fingerprint density at radius 2 is 2.00 bits per heavy atom. The third kappa shape index (κ3) is 2.46. The number of phenols is 2. The Morgan fingerprint density at radius 3 is 2.56 bits per heavy atom. The average Bonchev–Trinajstić information content (AvgIpc) is 3.02. The molecule has 1 aliphatic carbocycles. The zero-order valence-corrected chi connectivity index (χ0v) is 9.11. The van der Waals surface area contributed by atoms with Gasteiger partial charge in [-0.05, 0) is 18.9 Å². The fraction of sp³-hybridized carbons (Fsp3) is 0.500. The highest BCUT2D eigenvalue weighted by atomic mass is 16.3. The van der Waals surface area contributed by atoms with E-state index in [0.29, 0.717) is 6.54 Å². The van der Waals surface area contributed by atoms with Crippen molar-refractivity contribution >= 4 is 0 Å². The molecule has 1 aliphatic rings. The minimum atomic E-state index is 0.0651. The van der Waals surface area contributed by atoms with E-state index in [9.17, 15) is 5.11 Å². The molecule has 1 aromatic carbocycles. The lowest BCUT2D eigenvalue weighted by Crippen LogP contribution is -2.26. The Balaban J connectivity index is 1.85. The van der Waals surface area contributed by atoms with E-state index in [4.69, 9.17) is 10.2 Å². The minimum absolute atomic E-state index is 0.0651. The Morgan fingerprint density at radius 1 is 1.25 bits per heavy atom. The van der Waals surface area contributed by atoms with E-state index < -0.39 is 0 Å². The van der Waals surface area contributed by atoms with Crippen LogP contribution in [0, 0.1) is 5.41 Å². The molecule has 4 heteroatoms. The van der Waals surface area contributed by atoms with Gasteiger partial charge in [0, 0.05) is 36.7 Å². The number of nitrogens with one attached hydrogen (secondary N) is 1. The van der Waals surface area contributed by atoms with Crippen molar-refractivity contribution < 1.29 is 15.3 Å². The second-order valence-electron chi connectivity index (χ2n) is 4.57. The van der Waals surface area contributed by atoms with Gasteiger partial charge >= 0.3 is 0 Å². The second-order valence-corrected chi connectivity index (χ2v) is 4.57. The summed E-state index contributed by atoms with van der Waals surface area (Å²) in [5, 5.41) is 31.0. The third-order valence-electron chi connectivity index (χ3n) is 3.18. The molecule has 4 nitrogen and oxygen atoms in total. The lowest BCUT2D eigenvalue weighted by Gasteiger charge is -2.13. The summed E-state index contributed by atoms with van der Waals surface area (Å²) in [4.78, 5) is 0. The lowest BCUT2D eigenvalue weighted by molar-refractivity contribution is 0.207. The Hall–Kier alpha value is -1.26. The molecule has 88 valence electrons. The minimum Gasteiger partial charge on any atom is -0.508 e. The summed E-state index contributed by atoms with van der Waals surface area (Å²) in [5.41, 5.74) is 0.832. The van der Waals surface area contributed by atoms with Crippen molar-refractivity contribution in [1.29, 1.82) is 0 Å². The Bertz CT molecular complexity index is 375. The molecule has 2 rings (SSSR count). The first-order valence-corrected chi connectivity index (χ1v) is 5.48. The van der Waals surface area contributed by atoms with Gasteiger partial charge in [0.05, 0.1) is 0 Å². The molecule has 4 N–H and O–H groups in total. The van der Waals surface area contributed by atoms with Crippen LogP contribution in [-0.2, 0) is 6.54 Å². The van der Waals surface area contributed by atoms with Gasteiger partial charge < -0.3 is 20.6 Å². The van der Waals surface area contributed by atoms with Crippen LogP contribution in [0.5, 0.6) is 11.5 Å². The van der Waals surface area contributed by atoms with Gasteiger partial charge in [-0.25, -0.2) is 0 Å². The maximum atomic E-state index is 9.54. The molecule has 0 aromatic heterocycles. The number of hydrogen-bond donors (Lipinski definition) is 4. The largest absolute Gasteiger partial charge is 0.508 e. The van der Waals surface area contributed by atoms with Crippen molar-refractivity contribution in [3.05, 3.63) is 23.8 Å². The molecule has 0 spiro atoms. The predicted molar refractivity (Wildman–Crippen MR) is 60.2 cm³/mol. The highest BCUT2D eigenvalue weighted by Gasteiger charge is 2.41. The fourth-order valence-corrected chi connectivity index (χ4v) is 1.73. The van der Waals surface area contributed by atoms with Crippen LogP contribution >= 0.6 is 0 Å². The fourth-order valence-electron chi connectivity index (χ4n) is 1.73. The van der Waals surface area contributed by atoms with E-state index in [0.717, 1.165) is 24.9 Å². The number of benzene rings is 1. The van der Waals surface area contributed by atoms with Crippen LogP contribution in [0.25, 0.3) is 0 Å². The molecule has 1 saturated carbocycles. The molecule has 0 heterocycles. The first kappa shape index (κ1) is 11.2. The van der Waals surface area contributed by atoms with Crippen LogP contribution in [-0.4, -0.2) is 28.5 Å². The number of rotatable bonds is 5. The van der Waals surface area contributed by atoms with Crippen molar-refractivity contribution in [2.75, 3.05) is 13.2 Å². The standard InChI is InChI=1S/C12H17NO3/c14-8-12(3-4-12)7-13-6-9-1-2-10(15)5-11(9)16/h1-2,5,13-16H,3-4,6-8H2. The summed E-state index contributed by atoms with van der Waals surface area (Å²) in [6.45, 7) is 1.54. The molecule has 0 unspecified atom stereocenters. The first-order valence-electron chi connectivity index (χ1n) is 5.48. The molecule has 0 amide bonds. The smallest absolute Gasteiger partial charge is 0.123 e. The summed E-state index contributed by atoms with van der Waals surface area (Å²) in [7, 11) is 0. The number of hydrogen-bond acceptors (Lipinski definition) is 4. The molecule has 0 radical (unpaired) electrons. The van der Waals surface area contributed by atoms with E-state index in [1.807, 2.05) is 0 Å². The monoisotopic (exact) mass is 223 g/mol. The zero-order valence-electron chi connectivity index (χ0n) is 9.11. The molecule has 1 aromatic rings. The molecular weight excluding hydrogens is 206 g/mol. The molecule has 0 saturated heterocycles. The van der Waals surface area contributed by atoms with E-state index in [-0.39, 0.29) is 23.5 Å². The normalized spacial score (nSPS) is 17.3. The Kier molecular flexibility index (Phi) is 3.03. The molecule has 16 heavy (non-hydrogen) atoms. The SMILES string of the molecule is OCC1(CNCc2ccc(O)cc2O)CC1. The summed E-state index contributed by atoms with van der Waals surface area (Å²) >= 11 is 0. The number of phenolic OH excluding ortho intramolecular Hbond substituents is 2. The molecular formula is C12H17NO3. The van der Waals surface area contributed by atoms with Crippen molar-refractivity contribution in [1.82, 2.24) is 5.32 Å². The zero-order chi connectivity index (χ0) is 11.6. The van der Waals surface area contributed by atoms with Gasteiger partial charge in [0.25, 0.3) is 0 Å². The van der Waals surface area contributed by atoms with Gasteiger partial charge in [-0.1, -0.05) is 6.07 Å². The van der Waals surface area contributed by atoms with Crippen LogP contribution in [0.3, 0.4) is 0 Å². The lowest BCUT2D eigenvalue weighted by atomic mass is 10.1. The number of aliphatic hydroxyl groups excluding tert-OH is 1. The summed E-state index contributed by atoms with van der Waals surface area (Å²) in [6.07, 6.45) is 2.14. The summed E-state index contributed by atoms with van der Waals surface area (Å²) in [6, 6.07) is 4.57. The number of aromatic hydroxyl groups is 2. The average molecular weight is 223 g/mol.